The van der Waals surface area contributed by atoms with Crippen LogP contribution in [0.4, 0.5) is 16.0 Å². The van der Waals surface area contributed by atoms with Crippen LogP contribution in [0.3, 0.4) is 0 Å². The number of ketones is 1. The number of nitrogens with two attached hydrogens (primary N) is 1. The van der Waals surface area contributed by atoms with Crippen LogP contribution in [0.15, 0.2) is 48.5 Å². The van der Waals surface area contributed by atoms with Gasteiger partial charge in [-0.25, -0.2) is 9.07 Å². The Morgan fingerprint density at radius 3 is 2.76 bits per heavy atom. The molecule has 0 atom stereocenters. The molecule has 2 aromatic carbocycles. The summed E-state index contributed by atoms with van der Waals surface area (Å²) >= 11 is 5.33. The zero-order valence-electron chi connectivity index (χ0n) is 13.4. The van der Waals surface area contributed by atoms with E-state index < -0.39 is 5.82 Å². The molecule has 8 heteroatoms. The molecule has 1 aromatic heterocycles. The van der Waals surface area contributed by atoms with Crippen molar-refractivity contribution in [3.8, 4) is 0 Å². The number of hydrogen-bond donors (Lipinski definition) is 2. The average molecular weight is 357 g/mol. The van der Waals surface area contributed by atoms with Crippen molar-refractivity contribution < 1.29 is 9.18 Å². The van der Waals surface area contributed by atoms with Crippen LogP contribution in [0.5, 0.6) is 0 Å². The number of halogens is 1. The number of nitrogen functional groups attached to an aromatic ring is 1. The predicted molar refractivity (Wildman–Crippen MR) is 96.4 cm³/mol. The molecule has 0 amide bonds. The van der Waals surface area contributed by atoms with E-state index in [2.05, 4.69) is 10.5 Å². The number of rotatable bonds is 5. The molecule has 0 aliphatic rings. The SMILES string of the molecule is Cc1cccc(Nn2c(N)nn(CC(=O)c3cccc(F)c3)c2=S)c1. The van der Waals surface area contributed by atoms with Crippen molar-refractivity contribution in [2.75, 3.05) is 11.2 Å². The second-order valence-electron chi connectivity index (χ2n) is 5.55. The number of hydrogen-bond acceptors (Lipinski definition) is 5. The van der Waals surface area contributed by atoms with Gasteiger partial charge >= 0.3 is 0 Å². The Balaban J connectivity index is 1.84. The highest BCUT2D eigenvalue weighted by Crippen LogP contribution is 2.13. The molecular formula is C17H16FN5OS. The minimum atomic E-state index is -0.472. The van der Waals surface area contributed by atoms with Crippen molar-refractivity contribution in [3.63, 3.8) is 0 Å². The standard InChI is InChI=1S/C17H16FN5OS/c1-11-4-2-7-14(8-11)20-23-16(19)21-22(17(23)25)10-15(24)12-5-3-6-13(18)9-12/h2-9,20H,10H2,1H3,(H2,19,21). The number of nitrogens with zero attached hydrogens (tertiary/aromatic N) is 3. The summed E-state index contributed by atoms with van der Waals surface area (Å²) in [7, 11) is 0. The van der Waals surface area contributed by atoms with E-state index in [9.17, 15) is 9.18 Å². The van der Waals surface area contributed by atoms with Gasteiger partial charge in [0.1, 0.15) is 12.4 Å². The number of aromatic nitrogens is 3. The lowest BCUT2D eigenvalue weighted by Crippen LogP contribution is -2.14. The van der Waals surface area contributed by atoms with Crippen LogP contribution >= 0.6 is 12.2 Å². The molecule has 0 saturated heterocycles. The van der Waals surface area contributed by atoms with Crippen LogP contribution in [0.1, 0.15) is 15.9 Å². The molecule has 6 nitrogen and oxygen atoms in total. The number of anilines is 2. The first-order valence-corrected chi connectivity index (χ1v) is 7.92. The van der Waals surface area contributed by atoms with Crippen molar-refractivity contribution >= 4 is 29.6 Å². The third-order valence-corrected chi connectivity index (χ3v) is 3.96. The highest BCUT2D eigenvalue weighted by molar-refractivity contribution is 7.71. The third kappa shape index (κ3) is 3.74. The summed E-state index contributed by atoms with van der Waals surface area (Å²) in [5, 5.41) is 4.09. The maximum Gasteiger partial charge on any atom is 0.240 e. The van der Waals surface area contributed by atoms with Gasteiger partial charge in [0.15, 0.2) is 5.78 Å². The molecule has 3 rings (SSSR count). The van der Waals surface area contributed by atoms with Gasteiger partial charge in [0.05, 0.1) is 5.69 Å². The topological polar surface area (TPSA) is 77.9 Å². The van der Waals surface area contributed by atoms with E-state index >= 15 is 0 Å². The van der Waals surface area contributed by atoms with Crippen LogP contribution in [0.2, 0.25) is 0 Å². The lowest BCUT2D eigenvalue weighted by molar-refractivity contribution is 0.0966. The second kappa shape index (κ2) is 6.86. The van der Waals surface area contributed by atoms with Gasteiger partial charge in [-0.15, -0.1) is 5.10 Å². The smallest absolute Gasteiger partial charge is 0.240 e. The van der Waals surface area contributed by atoms with Gasteiger partial charge in [-0.2, -0.15) is 4.68 Å². The van der Waals surface area contributed by atoms with E-state index in [-0.39, 0.29) is 28.6 Å². The Labute approximate surface area is 148 Å². The quantitative estimate of drug-likeness (QED) is 0.542. The summed E-state index contributed by atoms with van der Waals surface area (Å²) in [6.07, 6.45) is 0. The van der Waals surface area contributed by atoms with Gasteiger partial charge in [0.2, 0.25) is 10.7 Å². The predicted octanol–water partition coefficient (Wildman–Crippen LogP) is 3.20. The first-order valence-electron chi connectivity index (χ1n) is 7.52. The van der Waals surface area contributed by atoms with Crippen LogP contribution in [-0.4, -0.2) is 20.2 Å². The van der Waals surface area contributed by atoms with Crippen molar-refractivity contribution in [2.45, 2.75) is 13.5 Å². The van der Waals surface area contributed by atoms with Gasteiger partial charge in [-0.3, -0.25) is 10.2 Å². The Bertz CT molecular complexity index is 995. The Hall–Kier alpha value is -3.00. The first kappa shape index (κ1) is 16.8. The summed E-state index contributed by atoms with van der Waals surface area (Å²) in [5.41, 5.74) is 11.1. The van der Waals surface area contributed by atoms with Gasteiger partial charge in [0, 0.05) is 5.56 Å². The van der Waals surface area contributed by atoms with Crippen LogP contribution < -0.4 is 11.2 Å². The molecule has 0 spiro atoms. The highest BCUT2D eigenvalue weighted by atomic mass is 32.1. The molecule has 0 aliphatic carbocycles. The Morgan fingerprint density at radius 2 is 2.04 bits per heavy atom. The fourth-order valence-electron chi connectivity index (χ4n) is 2.37. The van der Waals surface area contributed by atoms with Gasteiger partial charge < -0.3 is 5.73 Å². The summed E-state index contributed by atoms with van der Waals surface area (Å²) in [6, 6.07) is 13.1. The minimum Gasteiger partial charge on any atom is -0.366 e. The number of aryl methyl sites for hydroxylation is 1. The first-order chi connectivity index (χ1) is 11.9. The normalized spacial score (nSPS) is 10.6. The fraction of sp³-hybridized carbons (Fsp3) is 0.118. The van der Waals surface area contributed by atoms with Crippen molar-refractivity contribution in [1.29, 1.82) is 0 Å². The minimum absolute atomic E-state index is 0.124. The van der Waals surface area contributed by atoms with Gasteiger partial charge in [-0.05, 0) is 49.0 Å². The van der Waals surface area contributed by atoms with Crippen molar-refractivity contribution in [1.82, 2.24) is 14.5 Å². The van der Waals surface area contributed by atoms with E-state index in [1.54, 1.807) is 6.07 Å². The molecule has 128 valence electrons. The number of nitrogens with one attached hydrogen (secondary N) is 1. The summed E-state index contributed by atoms with van der Waals surface area (Å²) in [6.45, 7) is 1.84. The molecule has 3 N–H and O–H groups in total. The molecule has 0 aliphatic heterocycles. The van der Waals surface area contributed by atoms with E-state index in [0.29, 0.717) is 0 Å². The maximum absolute atomic E-state index is 13.3. The lowest BCUT2D eigenvalue weighted by atomic mass is 10.1. The molecule has 1 heterocycles. The largest absolute Gasteiger partial charge is 0.366 e. The fourth-order valence-corrected chi connectivity index (χ4v) is 2.61. The molecule has 0 saturated carbocycles. The van der Waals surface area contributed by atoms with Crippen LogP contribution in [0.25, 0.3) is 0 Å². The van der Waals surface area contributed by atoms with Gasteiger partial charge in [-0.1, -0.05) is 24.3 Å². The second-order valence-corrected chi connectivity index (χ2v) is 5.91. The van der Waals surface area contributed by atoms with Crippen molar-refractivity contribution in [3.05, 3.63) is 70.2 Å². The molecule has 0 bridgehead atoms. The zero-order chi connectivity index (χ0) is 18.0. The number of carbonyl (C=O) groups is 1. The molecule has 0 fully saturated rings. The van der Waals surface area contributed by atoms with Crippen LogP contribution in [0, 0.1) is 17.5 Å². The maximum atomic E-state index is 13.3. The summed E-state index contributed by atoms with van der Waals surface area (Å²) < 4.78 is 16.2. The number of carbonyl (C=O) groups excluding carboxylic acids is 1. The number of benzene rings is 2. The Kier molecular flexibility index (Phi) is 4.62. The molecule has 3 aromatic rings. The van der Waals surface area contributed by atoms with E-state index in [4.69, 9.17) is 18.0 Å². The molecule has 0 unspecified atom stereocenters. The van der Waals surface area contributed by atoms with Crippen LogP contribution in [-0.2, 0) is 6.54 Å². The monoisotopic (exact) mass is 357 g/mol. The summed E-state index contributed by atoms with van der Waals surface area (Å²) in [4.78, 5) is 12.3. The average Bonchev–Trinajstić information content (AvgIpc) is 2.82. The molecule has 25 heavy (non-hydrogen) atoms. The summed E-state index contributed by atoms with van der Waals surface area (Å²) in [5.74, 6) is -0.657. The molecular weight excluding hydrogens is 341 g/mol. The lowest BCUT2D eigenvalue weighted by Gasteiger charge is -2.08. The highest BCUT2D eigenvalue weighted by Gasteiger charge is 2.13. The third-order valence-electron chi connectivity index (χ3n) is 3.56. The van der Waals surface area contributed by atoms with Gasteiger partial charge in [0.25, 0.3) is 0 Å². The zero-order valence-corrected chi connectivity index (χ0v) is 14.3. The van der Waals surface area contributed by atoms with E-state index in [1.807, 2.05) is 31.2 Å². The number of Topliss-reactive ketones (excluding diaryl/α,β-unsaturated/α-hetero) is 1. The Morgan fingerprint density at radius 1 is 1.28 bits per heavy atom. The molecule has 0 radical (unpaired) electrons. The van der Waals surface area contributed by atoms with E-state index in [1.165, 1.54) is 27.6 Å². The van der Waals surface area contributed by atoms with Crippen molar-refractivity contribution in [2.24, 2.45) is 0 Å². The van der Waals surface area contributed by atoms with E-state index in [0.717, 1.165) is 11.3 Å².